The summed E-state index contributed by atoms with van der Waals surface area (Å²) < 4.78 is 16.2. The van der Waals surface area contributed by atoms with E-state index in [2.05, 4.69) is 21.2 Å². The SMILES string of the molecule is COc1ccc(Br)c(C(=O)NCC(O)c2ccc(OC)c(OC)c2)c1. The molecule has 2 N–H and O–H groups in total. The first-order valence-electron chi connectivity index (χ1n) is 7.51. The van der Waals surface area contributed by atoms with Gasteiger partial charge in [0, 0.05) is 11.0 Å². The van der Waals surface area contributed by atoms with Gasteiger partial charge in [0.05, 0.1) is 33.0 Å². The molecule has 0 aliphatic rings. The van der Waals surface area contributed by atoms with Gasteiger partial charge in [0.1, 0.15) is 5.75 Å². The second kappa shape index (κ2) is 8.73. The molecule has 0 fully saturated rings. The zero-order chi connectivity index (χ0) is 18.4. The number of benzene rings is 2. The molecule has 0 saturated carbocycles. The minimum atomic E-state index is -0.881. The maximum atomic E-state index is 12.3. The number of aliphatic hydroxyl groups is 1. The highest BCUT2D eigenvalue weighted by Gasteiger charge is 2.15. The van der Waals surface area contributed by atoms with Crippen molar-refractivity contribution >= 4 is 21.8 Å². The molecule has 6 nitrogen and oxygen atoms in total. The first kappa shape index (κ1) is 19.1. The zero-order valence-electron chi connectivity index (χ0n) is 14.2. The van der Waals surface area contributed by atoms with Gasteiger partial charge in [-0.05, 0) is 51.8 Å². The monoisotopic (exact) mass is 409 g/mol. The molecule has 1 amide bonds. The van der Waals surface area contributed by atoms with Gasteiger partial charge in [-0.3, -0.25) is 4.79 Å². The fourth-order valence-electron chi connectivity index (χ4n) is 2.27. The molecule has 7 heteroatoms. The number of nitrogens with one attached hydrogen (secondary N) is 1. The maximum Gasteiger partial charge on any atom is 0.252 e. The van der Waals surface area contributed by atoms with E-state index in [0.29, 0.717) is 32.8 Å². The topological polar surface area (TPSA) is 77.0 Å². The third-order valence-electron chi connectivity index (χ3n) is 3.67. The third-order valence-corrected chi connectivity index (χ3v) is 4.36. The molecule has 0 aliphatic heterocycles. The van der Waals surface area contributed by atoms with Crippen LogP contribution < -0.4 is 19.5 Å². The van der Waals surface area contributed by atoms with Crippen LogP contribution in [0.5, 0.6) is 17.2 Å². The molecule has 2 rings (SSSR count). The van der Waals surface area contributed by atoms with E-state index >= 15 is 0 Å². The van der Waals surface area contributed by atoms with Crippen LogP contribution in [-0.2, 0) is 0 Å². The van der Waals surface area contributed by atoms with Crippen LogP contribution in [0.2, 0.25) is 0 Å². The van der Waals surface area contributed by atoms with Crippen LogP contribution in [0, 0.1) is 0 Å². The van der Waals surface area contributed by atoms with Gasteiger partial charge in [0.15, 0.2) is 11.5 Å². The molecule has 2 aromatic carbocycles. The minimum Gasteiger partial charge on any atom is -0.497 e. The summed E-state index contributed by atoms with van der Waals surface area (Å²) in [5.41, 5.74) is 1.04. The van der Waals surface area contributed by atoms with E-state index in [1.165, 1.54) is 14.2 Å². The normalized spacial score (nSPS) is 11.6. The second-order valence-corrected chi connectivity index (χ2v) is 6.04. The van der Waals surface area contributed by atoms with Crippen molar-refractivity contribution in [1.29, 1.82) is 0 Å². The van der Waals surface area contributed by atoms with Crippen LogP contribution in [0.25, 0.3) is 0 Å². The molecule has 0 aliphatic carbocycles. The number of carbonyl (C=O) groups is 1. The number of hydrogen-bond acceptors (Lipinski definition) is 5. The first-order chi connectivity index (χ1) is 12.0. The lowest BCUT2D eigenvalue weighted by Crippen LogP contribution is -2.28. The predicted molar refractivity (Wildman–Crippen MR) is 97.5 cm³/mol. The number of carbonyl (C=O) groups excluding carboxylic acids is 1. The molecule has 134 valence electrons. The number of methoxy groups -OCH3 is 3. The summed E-state index contributed by atoms with van der Waals surface area (Å²) in [6, 6.07) is 10.2. The van der Waals surface area contributed by atoms with Crippen molar-refractivity contribution in [1.82, 2.24) is 5.32 Å². The number of rotatable bonds is 7. The highest BCUT2D eigenvalue weighted by molar-refractivity contribution is 9.10. The van der Waals surface area contributed by atoms with E-state index in [1.807, 2.05) is 0 Å². The highest BCUT2D eigenvalue weighted by Crippen LogP contribution is 2.30. The molecule has 1 unspecified atom stereocenters. The lowest BCUT2D eigenvalue weighted by Gasteiger charge is -2.15. The fraction of sp³-hybridized carbons (Fsp3) is 0.278. The van der Waals surface area contributed by atoms with Crippen molar-refractivity contribution in [2.75, 3.05) is 27.9 Å². The Labute approximate surface area is 154 Å². The Hall–Kier alpha value is -2.25. The molecular formula is C18H20BrNO5. The number of hydrogen-bond donors (Lipinski definition) is 2. The van der Waals surface area contributed by atoms with Gasteiger partial charge in [-0.15, -0.1) is 0 Å². The summed E-state index contributed by atoms with van der Waals surface area (Å²) in [7, 11) is 4.60. The minimum absolute atomic E-state index is 0.0535. The summed E-state index contributed by atoms with van der Waals surface area (Å²) >= 11 is 3.34. The van der Waals surface area contributed by atoms with E-state index < -0.39 is 6.10 Å². The second-order valence-electron chi connectivity index (χ2n) is 5.19. The van der Waals surface area contributed by atoms with Gasteiger partial charge in [-0.2, -0.15) is 0 Å². The van der Waals surface area contributed by atoms with Crippen molar-refractivity contribution < 1.29 is 24.1 Å². The molecule has 2 aromatic rings. The molecule has 0 heterocycles. The molecule has 0 aromatic heterocycles. The first-order valence-corrected chi connectivity index (χ1v) is 8.31. The fourth-order valence-corrected chi connectivity index (χ4v) is 2.69. The molecule has 25 heavy (non-hydrogen) atoms. The summed E-state index contributed by atoms with van der Waals surface area (Å²) in [4.78, 5) is 12.3. The van der Waals surface area contributed by atoms with E-state index in [9.17, 15) is 9.90 Å². The van der Waals surface area contributed by atoms with Gasteiger partial charge in [-0.25, -0.2) is 0 Å². The van der Waals surface area contributed by atoms with E-state index in [0.717, 1.165) is 0 Å². The Bertz CT molecular complexity index is 750. The Morgan fingerprint density at radius 1 is 1.08 bits per heavy atom. The van der Waals surface area contributed by atoms with E-state index in [4.69, 9.17) is 14.2 Å². The molecule has 0 bridgehead atoms. The predicted octanol–water partition coefficient (Wildman–Crippen LogP) is 2.94. The Balaban J connectivity index is 2.07. The number of amides is 1. The average molecular weight is 410 g/mol. The smallest absolute Gasteiger partial charge is 0.252 e. The third kappa shape index (κ3) is 4.64. The van der Waals surface area contributed by atoms with Gasteiger partial charge in [-0.1, -0.05) is 6.07 Å². The van der Waals surface area contributed by atoms with Gasteiger partial charge >= 0.3 is 0 Å². The number of aliphatic hydroxyl groups excluding tert-OH is 1. The Kier molecular flexibility index (Phi) is 6.66. The van der Waals surface area contributed by atoms with Crippen molar-refractivity contribution in [3.8, 4) is 17.2 Å². The van der Waals surface area contributed by atoms with Gasteiger partial charge < -0.3 is 24.6 Å². The van der Waals surface area contributed by atoms with Crippen molar-refractivity contribution in [2.45, 2.75) is 6.10 Å². The van der Waals surface area contributed by atoms with E-state index in [-0.39, 0.29) is 12.5 Å². The van der Waals surface area contributed by atoms with Crippen LogP contribution >= 0.6 is 15.9 Å². The molecule has 0 spiro atoms. The van der Waals surface area contributed by atoms with Crippen LogP contribution in [0.1, 0.15) is 22.0 Å². The zero-order valence-corrected chi connectivity index (χ0v) is 15.8. The van der Waals surface area contributed by atoms with Crippen LogP contribution in [0.3, 0.4) is 0 Å². The van der Waals surface area contributed by atoms with E-state index in [1.54, 1.807) is 43.5 Å². The molecule has 0 radical (unpaired) electrons. The van der Waals surface area contributed by atoms with Crippen molar-refractivity contribution in [2.24, 2.45) is 0 Å². The summed E-state index contributed by atoms with van der Waals surface area (Å²) in [5.74, 6) is 1.35. The van der Waals surface area contributed by atoms with Crippen LogP contribution in [0.15, 0.2) is 40.9 Å². The van der Waals surface area contributed by atoms with Crippen molar-refractivity contribution in [3.05, 3.63) is 52.0 Å². The summed E-state index contributed by atoms with van der Waals surface area (Å²) in [5, 5.41) is 13.0. The van der Waals surface area contributed by atoms with Gasteiger partial charge in [0.2, 0.25) is 0 Å². The molecule has 1 atom stereocenters. The summed E-state index contributed by atoms with van der Waals surface area (Å²) in [6.07, 6.45) is -0.881. The molecule has 0 saturated heterocycles. The van der Waals surface area contributed by atoms with Crippen LogP contribution in [-0.4, -0.2) is 38.9 Å². The number of halogens is 1. The molecular weight excluding hydrogens is 390 g/mol. The largest absolute Gasteiger partial charge is 0.497 e. The van der Waals surface area contributed by atoms with Gasteiger partial charge in [0.25, 0.3) is 5.91 Å². The maximum absolute atomic E-state index is 12.3. The Morgan fingerprint density at radius 3 is 2.44 bits per heavy atom. The summed E-state index contributed by atoms with van der Waals surface area (Å²) in [6.45, 7) is 0.0535. The van der Waals surface area contributed by atoms with Crippen molar-refractivity contribution in [3.63, 3.8) is 0 Å². The lowest BCUT2D eigenvalue weighted by atomic mass is 10.1. The lowest BCUT2D eigenvalue weighted by molar-refractivity contribution is 0.0915. The van der Waals surface area contributed by atoms with Crippen LogP contribution in [0.4, 0.5) is 0 Å². The Morgan fingerprint density at radius 2 is 1.80 bits per heavy atom. The number of ether oxygens (including phenoxy) is 3. The quantitative estimate of drug-likeness (QED) is 0.734. The average Bonchev–Trinajstić information content (AvgIpc) is 2.65. The highest BCUT2D eigenvalue weighted by atomic mass is 79.9. The standard InChI is InChI=1S/C18H20BrNO5/c1-23-12-5-6-14(19)13(9-12)18(22)20-10-15(21)11-4-7-16(24-2)17(8-11)25-3/h4-9,15,21H,10H2,1-3H3,(H,20,22).